The summed E-state index contributed by atoms with van der Waals surface area (Å²) in [6.45, 7) is 0. The van der Waals surface area contributed by atoms with Gasteiger partial charge in [0.1, 0.15) is 16.6 Å². The Morgan fingerprint density at radius 3 is 2.39 bits per heavy atom. The molecule has 1 heterocycles. The number of carbonyl (C=O) groups is 2. The topological polar surface area (TPSA) is 101 Å². The molecule has 0 bridgehead atoms. The first-order chi connectivity index (χ1) is 14.9. The number of nitrogens with one attached hydrogen (secondary N) is 1. The molecule has 0 spiro atoms. The lowest BCUT2D eigenvalue weighted by Crippen LogP contribution is -2.07. The SMILES string of the molecule is COC(=O)c1cc(N/C=C(/C#N)c2nc(-c3cccc(Br)c3)cs2)cc(C(=O)OC)c1. The van der Waals surface area contributed by atoms with Gasteiger partial charge in [0.2, 0.25) is 0 Å². The summed E-state index contributed by atoms with van der Waals surface area (Å²) in [6, 6.07) is 14.2. The van der Waals surface area contributed by atoms with E-state index < -0.39 is 11.9 Å². The van der Waals surface area contributed by atoms with Crippen LogP contribution in [0.5, 0.6) is 0 Å². The lowest BCUT2D eigenvalue weighted by atomic mass is 10.1. The molecule has 0 atom stereocenters. The third-order valence-corrected chi connectivity index (χ3v) is 5.50. The van der Waals surface area contributed by atoms with Gasteiger partial charge < -0.3 is 14.8 Å². The number of hydrogen-bond acceptors (Lipinski definition) is 8. The van der Waals surface area contributed by atoms with Gasteiger partial charge in [0.25, 0.3) is 0 Å². The Labute approximate surface area is 191 Å². The van der Waals surface area contributed by atoms with Crippen LogP contribution in [0, 0.1) is 11.3 Å². The molecule has 1 aromatic heterocycles. The maximum Gasteiger partial charge on any atom is 0.337 e. The molecule has 7 nitrogen and oxygen atoms in total. The van der Waals surface area contributed by atoms with Crippen LogP contribution in [0.15, 0.2) is 58.5 Å². The second kappa shape index (κ2) is 10.0. The number of hydrogen-bond donors (Lipinski definition) is 1. The largest absolute Gasteiger partial charge is 0.465 e. The number of halogens is 1. The highest BCUT2D eigenvalue weighted by Gasteiger charge is 2.14. The Balaban J connectivity index is 1.90. The van der Waals surface area contributed by atoms with Crippen molar-refractivity contribution in [3.8, 4) is 17.3 Å². The highest BCUT2D eigenvalue weighted by Crippen LogP contribution is 2.28. The minimum Gasteiger partial charge on any atom is -0.465 e. The molecule has 0 unspecified atom stereocenters. The molecular weight excluding hydrogens is 482 g/mol. The van der Waals surface area contributed by atoms with Gasteiger partial charge in [-0.1, -0.05) is 28.1 Å². The number of ether oxygens (including phenoxy) is 2. The van der Waals surface area contributed by atoms with Gasteiger partial charge in [-0.3, -0.25) is 0 Å². The van der Waals surface area contributed by atoms with Crippen molar-refractivity contribution in [3.05, 3.63) is 74.7 Å². The zero-order valence-corrected chi connectivity index (χ0v) is 18.9. The minimum absolute atomic E-state index is 0.172. The van der Waals surface area contributed by atoms with Crippen LogP contribution in [0.25, 0.3) is 16.8 Å². The molecule has 0 fully saturated rings. The van der Waals surface area contributed by atoms with E-state index in [1.807, 2.05) is 29.6 Å². The Morgan fingerprint density at radius 1 is 1.13 bits per heavy atom. The van der Waals surface area contributed by atoms with Gasteiger partial charge in [-0.15, -0.1) is 11.3 Å². The summed E-state index contributed by atoms with van der Waals surface area (Å²) >= 11 is 4.77. The van der Waals surface area contributed by atoms with Gasteiger partial charge in [0, 0.05) is 27.3 Å². The summed E-state index contributed by atoms with van der Waals surface area (Å²) in [4.78, 5) is 28.4. The molecule has 1 N–H and O–H groups in total. The highest BCUT2D eigenvalue weighted by atomic mass is 79.9. The number of aromatic nitrogens is 1. The molecule has 0 aliphatic rings. The number of nitrogens with zero attached hydrogens (tertiary/aromatic N) is 2. The third-order valence-electron chi connectivity index (χ3n) is 4.13. The highest BCUT2D eigenvalue weighted by molar-refractivity contribution is 9.10. The van der Waals surface area contributed by atoms with E-state index in [0.29, 0.717) is 16.3 Å². The zero-order chi connectivity index (χ0) is 22.4. The summed E-state index contributed by atoms with van der Waals surface area (Å²) in [5, 5.41) is 14.9. The summed E-state index contributed by atoms with van der Waals surface area (Å²) in [5.74, 6) is -1.20. The Hall–Kier alpha value is -3.48. The first-order valence-electron chi connectivity index (χ1n) is 8.85. The number of allylic oxidation sites excluding steroid dienone is 1. The van der Waals surface area contributed by atoms with Gasteiger partial charge in [0.05, 0.1) is 31.0 Å². The summed E-state index contributed by atoms with van der Waals surface area (Å²) in [5.41, 5.74) is 2.74. The van der Waals surface area contributed by atoms with Crippen LogP contribution in [-0.2, 0) is 9.47 Å². The molecule has 156 valence electrons. The number of anilines is 1. The molecule has 0 aliphatic heterocycles. The van der Waals surface area contributed by atoms with E-state index in [9.17, 15) is 14.9 Å². The smallest absolute Gasteiger partial charge is 0.337 e. The molecule has 3 aromatic rings. The number of methoxy groups -OCH3 is 2. The quantitative estimate of drug-likeness (QED) is 0.372. The Morgan fingerprint density at radius 2 is 1.81 bits per heavy atom. The fraction of sp³-hybridized carbons (Fsp3) is 0.0909. The molecule has 0 radical (unpaired) electrons. The van der Waals surface area contributed by atoms with Crippen molar-refractivity contribution in [2.24, 2.45) is 0 Å². The molecule has 31 heavy (non-hydrogen) atoms. The lowest BCUT2D eigenvalue weighted by Gasteiger charge is -2.08. The van der Waals surface area contributed by atoms with Crippen LogP contribution in [0.2, 0.25) is 0 Å². The fourth-order valence-corrected chi connectivity index (χ4v) is 3.85. The number of benzene rings is 2. The van der Waals surface area contributed by atoms with Crippen molar-refractivity contribution < 1.29 is 19.1 Å². The number of nitriles is 1. The number of carbonyl (C=O) groups excluding carboxylic acids is 2. The average molecular weight is 498 g/mol. The predicted molar refractivity (Wildman–Crippen MR) is 122 cm³/mol. The van der Waals surface area contributed by atoms with Crippen LogP contribution in [0.3, 0.4) is 0 Å². The second-order valence-electron chi connectivity index (χ2n) is 6.14. The number of thiazole rings is 1. The van der Waals surface area contributed by atoms with E-state index in [0.717, 1.165) is 15.7 Å². The summed E-state index contributed by atoms with van der Waals surface area (Å²) < 4.78 is 10.4. The Bertz CT molecular complexity index is 1180. The van der Waals surface area contributed by atoms with E-state index >= 15 is 0 Å². The minimum atomic E-state index is -0.600. The van der Waals surface area contributed by atoms with E-state index in [1.54, 1.807) is 0 Å². The lowest BCUT2D eigenvalue weighted by molar-refractivity contribution is 0.0599. The zero-order valence-electron chi connectivity index (χ0n) is 16.5. The standard InChI is InChI=1S/C22H16BrN3O4S/c1-29-21(27)14-6-15(22(28)30-2)9-18(8-14)25-11-16(10-24)20-26-19(12-31-20)13-4-3-5-17(23)7-13/h3-9,11-12,25H,1-2H3/b16-11-. The maximum absolute atomic E-state index is 11.9. The van der Waals surface area contributed by atoms with Gasteiger partial charge in [0.15, 0.2) is 0 Å². The van der Waals surface area contributed by atoms with Crippen molar-refractivity contribution in [2.75, 3.05) is 19.5 Å². The molecule has 3 rings (SSSR count). The van der Waals surface area contributed by atoms with Crippen LogP contribution >= 0.6 is 27.3 Å². The molecule has 0 saturated carbocycles. The normalized spacial score (nSPS) is 10.8. The van der Waals surface area contributed by atoms with Crippen molar-refractivity contribution in [3.63, 3.8) is 0 Å². The number of rotatable bonds is 6. The Kier molecular flexibility index (Phi) is 7.18. The number of esters is 2. The van der Waals surface area contributed by atoms with Gasteiger partial charge in [-0.05, 0) is 30.3 Å². The molecule has 9 heteroatoms. The average Bonchev–Trinajstić information content (AvgIpc) is 3.28. The molecule has 0 amide bonds. The van der Waals surface area contributed by atoms with Gasteiger partial charge >= 0.3 is 11.9 Å². The fourth-order valence-electron chi connectivity index (χ4n) is 2.66. The van der Waals surface area contributed by atoms with E-state index in [-0.39, 0.29) is 11.1 Å². The second-order valence-corrected chi connectivity index (χ2v) is 7.92. The van der Waals surface area contributed by atoms with Crippen LogP contribution in [0.4, 0.5) is 5.69 Å². The van der Waals surface area contributed by atoms with E-state index in [1.165, 1.54) is 50.0 Å². The van der Waals surface area contributed by atoms with Crippen molar-refractivity contribution in [1.29, 1.82) is 5.26 Å². The molecule has 0 aliphatic carbocycles. The van der Waals surface area contributed by atoms with E-state index in [4.69, 9.17) is 9.47 Å². The molecule has 0 saturated heterocycles. The van der Waals surface area contributed by atoms with Crippen molar-refractivity contribution >= 4 is 50.5 Å². The van der Waals surface area contributed by atoms with Crippen molar-refractivity contribution in [2.45, 2.75) is 0 Å². The van der Waals surface area contributed by atoms with Crippen LogP contribution < -0.4 is 5.32 Å². The first-order valence-corrected chi connectivity index (χ1v) is 10.5. The van der Waals surface area contributed by atoms with Crippen LogP contribution in [-0.4, -0.2) is 31.1 Å². The summed E-state index contributed by atoms with van der Waals surface area (Å²) in [6.07, 6.45) is 1.47. The first kappa shape index (κ1) is 22.2. The van der Waals surface area contributed by atoms with Gasteiger partial charge in [-0.2, -0.15) is 5.26 Å². The molecular formula is C22H16BrN3O4S. The van der Waals surface area contributed by atoms with Crippen LogP contribution in [0.1, 0.15) is 25.7 Å². The van der Waals surface area contributed by atoms with Crippen molar-refractivity contribution in [1.82, 2.24) is 4.98 Å². The third kappa shape index (κ3) is 5.36. The maximum atomic E-state index is 11.9. The molecule has 2 aromatic carbocycles. The monoisotopic (exact) mass is 497 g/mol. The predicted octanol–water partition coefficient (Wildman–Crippen LogP) is 5.12. The summed E-state index contributed by atoms with van der Waals surface area (Å²) in [7, 11) is 2.50. The van der Waals surface area contributed by atoms with Gasteiger partial charge in [-0.25, -0.2) is 14.6 Å². The van der Waals surface area contributed by atoms with E-state index in [2.05, 4.69) is 32.3 Å².